The van der Waals surface area contributed by atoms with Crippen molar-refractivity contribution in [3.05, 3.63) is 45.5 Å². The van der Waals surface area contributed by atoms with E-state index in [1.54, 1.807) is 19.2 Å². The Bertz CT molecular complexity index is 972. The minimum Gasteiger partial charge on any atom is -0.508 e. The number of aromatic hydroxyl groups is 1. The van der Waals surface area contributed by atoms with E-state index in [9.17, 15) is 24.9 Å². The molecule has 180 valence electrons. The third kappa shape index (κ3) is 5.17. The Morgan fingerprint density at radius 1 is 1.33 bits per heavy atom. The van der Waals surface area contributed by atoms with E-state index in [0.717, 1.165) is 28.0 Å². The summed E-state index contributed by atoms with van der Waals surface area (Å²) in [5, 5.41) is 31.4. The highest BCUT2D eigenvalue weighted by molar-refractivity contribution is 6.32. The molecule has 8 heteroatoms. The molecule has 1 aliphatic carbocycles. The number of ether oxygens (including phenoxy) is 1. The highest BCUT2D eigenvalue weighted by atomic mass is 35.5. The lowest BCUT2D eigenvalue weighted by Crippen LogP contribution is -2.39. The number of phenolic OH excluding ortho intramolecular Hbond substituents is 1. The summed E-state index contributed by atoms with van der Waals surface area (Å²) < 4.78 is 5.33. The summed E-state index contributed by atoms with van der Waals surface area (Å²) in [6.45, 7) is 1.92. The molecule has 7 nitrogen and oxygen atoms in total. The fourth-order valence-electron chi connectivity index (χ4n) is 5.11. The number of amides is 2. The quantitative estimate of drug-likeness (QED) is 0.372. The number of carbonyl (C=O) groups excluding carboxylic acids is 2. The van der Waals surface area contributed by atoms with Crippen LogP contribution in [-0.4, -0.2) is 65.5 Å². The molecule has 0 bridgehead atoms. The Hall–Kier alpha value is -2.19. The zero-order chi connectivity index (χ0) is 24.3. The minimum absolute atomic E-state index is 0.0967. The third-order valence-corrected chi connectivity index (χ3v) is 7.14. The highest BCUT2D eigenvalue weighted by Gasteiger charge is 2.53. The van der Waals surface area contributed by atoms with E-state index in [0.29, 0.717) is 29.9 Å². The van der Waals surface area contributed by atoms with Crippen LogP contribution in [0.3, 0.4) is 0 Å². The van der Waals surface area contributed by atoms with Gasteiger partial charge in [-0.15, -0.1) is 0 Å². The van der Waals surface area contributed by atoms with Crippen molar-refractivity contribution < 1.29 is 29.6 Å². The molecule has 4 atom stereocenters. The van der Waals surface area contributed by atoms with Gasteiger partial charge in [0.1, 0.15) is 5.75 Å². The number of benzene rings is 1. The number of imide groups is 1. The van der Waals surface area contributed by atoms with Crippen LogP contribution in [0.15, 0.2) is 34.9 Å². The zero-order valence-corrected chi connectivity index (χ0v) is 20.0. The average molecular weight is 478 g/mol. The molecule has 1 aromatic rings. The van der Waals surface area contributed by atoms with Gasteiger partial charge < -0.3 is 20.1 Å². The zero-order valence-electron chi connectivity index (χ0n) is 19.3. The van der Waals surface area contributed by atoms with Crippen LogP contribution in [0.4, 0.5) is 0 Å². The number of phenols is 1. The van der Waals surface area contributed by atoms with Gasteiger partial charge in [0.25, 0.3) is 0 Å². The number of nitrogens with zero attached hydrogens (tertiary/aromatic N) is 1. The predicted octanol–water partition coefficient (Wildman–Crippen LogP) is 3.17. The van der Waals surface area contributed by atoms with Crippen LogP contribution >= 0.6 is 11.6 Å². The molecule has 0 saturated carbocycles. The van der Waals surface area contributed by atoms with Crippen LogP contribution in [0.5, 0.6) is 5.75 Å². The predicted molar refractivity (Wildman–Crippen MR) is 125 cm³/mol. The maximum atomic E-state index is 12.7. The lowest BCUT2D eigenvalue weighted by Gasteiger charge is -2.36. The fraction of sp³-hybridized carbons (Fsp3) is 0.520. The first-order valence-electron chi connectivity index (χ1n) is 11.2. The van der Waals surface area contributed by atoms with Gasteiger partial charge in [-0.3, -0.25) is 14.5 Å². The van der Waals surface area contributed by atoms with E-state index >= 15 is 0 Å². The maximum Gasteiger partial charge on any atom is 0.233 e. The van der Waals surface area contributed by atoms with E-state index in [2.05, 4.69) is 0 Å². The molecule has 0 radical (unpaired) electrons. The Morgan fingerprint density at radius 3 is 2.67 bits per heavy atom. The molecule has 0 aromatic heterocycles. The van der Waals surface area contributed by atoms with Gasteiger partial charge in [0.05, 0.1) is 36.2 Å². The van der Waals surface area contributed by atoms with E-state index in [-0.39, 0.29) is 30.8 Å². The molecular formula is C25H32ClNO6. The summed E-state index contributed by atoms with van der Waals surface area (Å²) >= 11 is 6.23. The van der Waals surface area contributed by atoms with E-state index in [1.807, 2.05) is 13.0 Å². The summed E-state index contributed by atoms with van der Waals surface area (Å²) in [6.07, 6.45) is 3.14. The first-order valence-corrected chi connectivity index (χ1v) is 11.6. The molecule has 1 aromatic carbocycles. The van der Waals surface area contributed by atoms with Crippen LogP contribution in [0.1, 0.15) is 38.2 Å². The number of halogens is 1. The molecule has 2 amide bonds. The number of rotatable bonds is 9. The average Bonchev–Trinajstić information content (AvgIpc) is 3.00. The number of likely N-dealkylation sites (tertiary alicyclic amines) is 1. The van der Waals surface area contributed by atoms with Gasteiger partial charge >= 0.3 is 0 Å². The molecular weight excluding hydrogens is 446 g/mol. The first kappa shape index (κ1) is 25.4. The molecule has 2 aliphatic rings. The molecule has 0 spiro atoms. The number of aliphatic hydroxyl groups is 2. The van der Waals surface area contributed by atoms with Crippen molar-refractivity contribution in [2.45, 2.75) is 38.7 Å². The number of hydrogen-bond acceptors (Lipinski definition) is 6. The van der Waals surface area contributed by atoms with Gasteiger partial charge in [0, 0.05) is 20.1 Å². The maximum absolute atomic E-state index is 12.7. The number of hydrogen-bond donors (Lipinski definition) is 3. The standard InChI is InChI=1S/C25H32ClNO6/c1-4-14(9-15-6-7-17(29)11-20(15)26)5-8-21(30)22-16(13-33-3)10-18-23(19(22)12-28)25(32)27(2)24(18)31/h6-7,9,11,18-19,21,23,28-30H,4-5,8,10,12-13H2,1-3H3/b14-9+/t18-,19+,21-,23-/m1/s1. The van der Waals surface area contributed by atoms with E-state index in [1.165, 1.54) is 13.1 Å². The van der Waals surface area contributed by atoms with Gasteiger partial charge in [-0.2, -0.15) is 0 Å². The summed E-state index contributed by atoms with van der Waals surface area (Å²) in [4.78, 5) is 26.5. The second-order valence-electron chi connectivity index (χ2n) is 8.77. The van der Waals surface area contributed by atoms with Crippen LogP contribution < -0.4 is 0 Å². The van der Waals surface area contributed by atoms with Gasteiger partial charge in [0.2, 0.25) is 11.8 Å². The topological polar surface area (TPSA) is 107 Å². The Balaban J connectivity index is 1.85. The second-order valence-corrected chi connectivity index (χ2v) is 9.18. The van der Waals surface area contributed by atoms with E-state index in [4.69, 9.17) is 16.3 Å². The number of fused-ring (bicyclic) bond motifs is 1. The minimum atomic E-state index is -0.882. The molecule has 1 aliphatic heterocycles. The number of allylic oxidation sites excluding steroid dienone is 1. The van der Waals surface area contributed by atoms with Crippen molar-refractivity contribution in [1.82, 2.24) is 4.90 Å². The van der Waals surface area contributed by atoms with Crippen molar-refractivity contribution in [1.29, 1.82) is 0 Å². The molecule has 33 heavy (non-hydrogen) atoms. The lowest BCUT2D eigenvalue weighted by molar-refractivity contribution is -0.138. The molecule has 0 unspecified atom stereocenters. The summed E-state index contributed by atoms with van der Waals surface area (Å²) in [6, 6.07) is 4.80. The molecule has 3 rings (SSSR count). The van der Waals surface area contributed by atoms with Crippen LogP contribution in [-0.2, 0) is 14.3 Å². The Labute approximate surface area is 199 Å². The fourth-order valence-corrected chi connectivity index (χ4v) is 5.33. The summed E-state index contributed by atoms with van der Waals surface area (Å²) in [5.74, 6) is -2.25. The number of methoxy groups -OCH3 is 1. The summed E-state index contributed by atoms with van der Waals surface area (Å²) in [5.41, 5.74) is 3.25. The van der Waals surface area contributed by atoms with Crippen molar-refractivity contribution in [3.63, 3.8) is 0 Å². The molecule has 3 N–H and O–H groups in total. The lowest BCUT2D eigenvalue weighted by atomic mass is 9.68. The Morgan fingerprint density at radius 2 is 2.06 bits per heavy atom. The van der Waals surface area contributed by atoms with Crippen molar-refractivity contribution in [2.24, 2.45) is 17.8 Å². The van der Waals surface area contributed by atoms with Gasteiger partial charge in [-0.25, -0.2) is 0 Å². The number of aliphatic hydroxyl groups excluding tert-OH is 2. The van der Waals surface area contributed by atoms with Crippen LogP contribution in [0, 0.1) is 17.8 Å². The number of carbonyl (C=O) groups is 2. The van der Waals surface area contributed by atoms with Crippen molar-refractivity contribution in [3.8, 4) is 5.75 Å². The van der Waals surface area contributed by atoms with Crippen molar-refractivity contribution in [2.75, 3.05) is 27.4 Å². The van der Waals surface area contributed by atoms with Crippen LogP contribution in [0.2, 0.25) is 5.02 Å². The highest BCUT2D eigenvalue weighted by Crippen LogP contribution is 2.46. The van der Waals surface area contributed by atoms with Crippen LogP contribution in [0.25, 0.3) is 6.08 Å². The van der Waals surface area contributed by atoms with Gasteiger partial charge in [-0.05, 0) is 60.6 Å². The smallest absolute Gasteiger partial charge is 0.233 e. The van der Waals surface area contributed by atoms with Crippen molar-refractivity contribution >= 4 is 29.5 Å². The molecule has 1 saturated heterocycles. The van der Waals surface area contributed by atoms with E-state index < -0.39 is 23.9 Å². The van der Waals surface area contributed by atoms with Gasteiger partial charge in [0.15, 0.2) is 0 Å². The third-order valence-electron chi connectivity index (χ3n) is 6.82. The monoisotopic (exact) mass is 477 g/mol. The Kier molecular flexibility index (Phi) is 8.34. The second kappa shape index (κ2) is 10.8. The molecule has 1 heterocycles. The normalized spacial score (nSPS) is 24.5. The molecule has 1 fully saturated rings. The largest absolute Gasteiger partial charge is 0.508 e. The SMILES string of the molecule is CC/C(=C\c1ccc(O)cc1Cl)CC[C@@H](O)C1=C(COC)C[C@H]2C(=O)N(C)C(=O)[C@H]2[C@H]1CO. The summed E-state index contributed by atoms with van der Waals surface area (Å²) in [7, 11) is 3.01. The first-order chi connectivity index (χ1) is 15.7. The van der Waals surface area contributed by atoms with Gasteiger partial charge in [-0.1, -0.05) is 30.2 Å².